The standard InChI is InChI=1S/C30H29N3O6/c1-17(34)19-6-12-22(13-7-19)33-27(36)24-25(28(33)37)30(29(38)39,16-18-4-14-23(35)15-5-18)31-26(24)20-8-10-21(11-9-20)32(2)3/h4-15,24-26,31,35H,16H2,1-3H3,(H,38,39). The predicted molar refractivity (Wildman–Crippen MR) is 145 cm³/mol. The number of carbonyl (C=O) groups excluding carboxylic acids is 3. The van der Waals surface area contributed by atoms with Crippen LogP contribution in [0.2, 0.25) is 0 Å². The Morgan fingerprint density at radius 2 is 1.54 bits per heavy atom. The molecule has 2 saturated heterocycles. The maximum Gasteiger partial charge on any atom is 0.325 e. The molecule has 3 aromatic carbocycles. The Labute approximate surface area is 225 Å². The molecule has 3 N–H and O–H groups in total. The van der Waals surface area contributed by atoms with Crippen LogP contribution >= 0.6 is 0 Å². The van der Waals surface area contributed by atoms with Gasteiger partial charge in [-0.15, -0.1) is 0 Å². The number of fused-ring (bicyclic) bond motifs is 1. The summed E-state index contributed by atoms with van der Waals surface area (Å²) in [4.78, 5) is 55.7. The molecule has 39 heavy (non-hydrogen) atoms. The van der Waals surface area contributed by atoms with Crippen molar-refractivity contribution in [1.29, 1.82) is 0 Å². The van der Waals surface area contributed by atoms with Crippen molar-refractivity contribution in [2.24, 2.45) is 11.8 Å². The molecule has 5 rings (SSSR count). The average molecular weight is 528 g/mol. The van der Waals surface area contributed by atoms with E-state index < -0.39 is 41.2 Å². The van der Waals surface area contributed by atoms with Crippen molar-refractivity contribution in [1.82, 2.24) is 5.32 Å². The van der Waals surface area contributed by atoms with E-state index in [1.807, 2.05) is 43.3 Å². The number of anilines is 2. The Morgan fingerprint density at radius 1 is 0.923 bits per heavy atom. The van der Waals surface area contributed by atoms with Crippen molar-refractivity contribution in [3.8, 4) is 5.75 Å². The summed E-state index contributed by atoms with van der Waals surface area (Å²) in [5, 5.41) is 23.6. The quantitative estimate of drug-likeness (QED) is 0.316. The number of phenols is 1. The van der Waals surface area contributed by atoms with Crippen molar-refractivity contribution >= 4 is 34.9 Å². The first kappa shape index (κ1) is 26.1. The third-order valence-electron chi connectivity index (χ3n) is 7.76. The summed E-state index contributed by atoms with van der Waals surface area (Å²) in [5.41, 5.74) is 1.16. The minimum Gasteiger partial charge on any atom is -0.508 e. The SMILES string of the molecule is CC(=O)c1ccc(N2C(=O)C3C(c4ccc(N(C)C)cc4)NC(Cc4ccc(O)cc4)(C(=O)O)C3C2=O)cc1. The van der Waals surface area contributed by atoms with E-state index in [0.29, 0.717) is 16.7 Å². The molecule has 0 radical (unpaired) electrons. The number of nitrogens with one attached hydrogen (secondary N) is 1. The third kappa shape index (κ3) is 4.34. The molecule has 2 heterocycles. The number of aromatic hydroxyl groups is 1. The Morgan fingerprint density at radius 3 is 2.08 bits per heavy atom. The number of amides is 2. The fraction of sp³-hybridized carbons (Fsp3) is 0.267. The summed E-state index contributed by atoms with van der Waals surface area (Å²) in [7, 11) is 3.81. The van der Waals surface area contributed by atoms with Crippen LogP contribution in [-0.4, -0.2) is 53.4 Å². The molecule has 3 aromatic rings. The summed E-state index contributed by atoms with van der Waals surface area (Å²) in [5.74, 6) is -4.63. The van der Waals surface area contributed by atoms with Crippen LogP contribution in [0.25, 0.3) is 0 Å². The van der Waals surface area contributed by atoms with E-state index in [2.05, 4.69) is 5.32 Å². The molecule has 4 atom stereocenters. The predicted octanol–water partition coefficient (Wildman–Crippen LogP) is 3.18. The number of rotatable bonds is 7. The fourth-order valence-corrected chi connectivity index (χ4v) is 5.74. The van der Waals surface area contributed by atoms with Gasteiger partial charge in [0.25, 0.3) is 0 Å². The lowest BCUT2D eigenvalue weighted by atomic mass is 9.76. The van der Waals surface area contributed by atoms with E-state index in [0.717, 1.165) is 10.6 Å². The molecular weight excluding hydrogens is 498 g/mol. The highest BCUT2D eigenvalue weighted by Gasteiger charge is 2.68. The van der Waals surface area contributed by atoms with E-state index in [1.54, 1.807) is 24.3 Å². The normalized spacial score (nSPS) is 24.1. The second-order valence-electron chi connectivity index (χ2n) is 10.3. The number of phenolic OH excluding ortho intramolecular Hbond substituents is 1. The molecular formula is C30H29N3O6. The Bertz CT molecular complexity index is 1450. The number of aliphatic carboxylic acids is 1. The number of hydrogen-bond acceptors (Lipinski definition) is 7. The number of benzene rings is 3. The summed E-state index contributed by atoms with van der Waals surface area (Å²) >= 11 is 0. The molecule has 9 nitrogen and oxygen atoms in total. The zero-order valence-corrected chi connectivity index (χ0v) is 21.8. The van der Waals surface area contributed by atoms with Crippen LogP contribution in [0.4, 0.5) is 11.4 Å². The number of hydrogen-bond donors (Lipinski definition) is 3. The summed E-state index contributed by atoms with van der Waals surface area (Å²) in [6, 6.07) is 19.0. The smallest absolute Gasteiger partial charge is 0.325 e. The van der Waals surface area contributed by atoms with Gasteiger partial charge >= 0.3 is 5.97 Å². The largest absolute Gasteiger partial charge is 0.508 e. The van der Waals surface area contributed by atoms with Crippen LogP contribution in [0.5, 0.6) is 5.75 Å². The van der Waals surface area contributed by atoms with Gasteiger partial charge in [-0.1, -0.05) is 24.3 Å². The molecule has 0 aliphatic carbocycles. The van der Waals surface area contributed by atoms with Gasteiger partial charge in [0.15, 0.2) is 5.78 Å². The van der Waals surface area contributed by atoms with Gasteiger partial charge in [-0.05, 0) is 66.6 Å². The van der Waals surface area contributed by atoms with Gasteiger partial charge in [-0.3, -0.25) is 24.5 Å². The minimum atomic E-state index is -1.78. The number of ketones is 1. The maximum absolute atomic E-state index is 14.0. The molecule has 2 amide bonds. The number of carboxylic acids is 1. The second kappa shape index (κ2) is 9.67. The van der Waals surface area contributed by atoms with Crippen molar-refractivity contribution in [2.75, 3.05) is 23.9 Å². The van der Waals surface area contributed by atoms with Gasteiger partial charge in [0.05, 0.1) is 17.5 Å². The highest BCUT2D eigenvalue weighted by molar-refractivity contribution is 6.24. The lowest BCUT2D eigenvalue weighted by molar-refractivity contribution is -0.148. The van der Waals surface area contributed by atoms with E-state index in [4.69, 9.17) is 0 Å². The number of carboxylic acid groups (broad SMARTS) is 1. The van der Waals surface area contributed by atoms with Gasteiger partial charge in [-0.2, -0.15) is 0 Å². The van der Waals surface area contributed by atoms with Crippen molar-refractivity contribution in [2.45, 2.75) is 24.9 Å². The Kier molecular flexibility index (Phi) is 6.47. The van der Waals surface area contributed by atoms with Crippen LogP contribution < -0.4 is 15.1 Å². The zero-order chi connectivity index (χ0) is 28.1. The molecule has 0 saturated carbocycles. The monoisotopic (exact) mass is 527 g/mol. The molecule has 0 bridgehead atoms. The minimum absolute atomic E-state index is 0.0338. The summed E-state index contributed by atoms with van der Waals surface area (Å²) < 4.78 is 0. The van der Waals surface area contributed by atoms with Crippen molar-refractivity contribution < 1.29 is 29.4 Å². The molecule has 0 aromatic heterocycles. The molecule has 4 unspecified atom stereocenters. The van der Waals surface area contributed by atoms with Crippen LogP contribution in [0.3, 0.4) is 0 Å². The van der Waals surface area contributed by atoms with Crippen LogP contribution in [-0.2, 0) is 20.8 Å². The first-order valence-corrected chi connectivity index (χ1v) is 12.6. The van der Waals surface area contributed by atoms with Gasteiger partial charge in [0.1, 0.15) is 11.3 Å². The van der Waals surface area contributed by atoms with E-state index in [-0.39, 0.29) is 23.6 Å². The topological polar surface area (TPSA) is 127 Å². The highest BCUT2D eigenvalue weighted by Crippen LogP contribution is 2.51. The van der Waals surface area contributed by atoms with Crippen molar-refractivity contribution in [3.63, 3.8) is 0 Å². The van der Waals surface area contributed by atoms with E-state index in [1.165, 1.54) is 31.2 Å². The molecule has 9 heteroatoms. The van der Waals surface area contributed by atoms with Crippen LogP contribution in [0.1, 0.15) is 34.5 Å². The van der Waals surface area contributed by atoms with Gasteiger partial charge in [-0.25, -0.2) is 4.90 Å². The van der Waals surface area contributed by atoms with Gasteiger partial charge in [0, 0.05) is 37.8 Å². The lowest BCUT2D eigenvalue weighted by Crippen LogP contribution is -2.57. The van der Waals surface area contributed by atoms with Gasteiger partial charge < -0.3 is 15.1 Å². The third-order valence-corrected chi connectivity index (χ3v) is 7.76. The Balaban J connectivity index is 1.62. The Hall–Kier alpha value is -4.50. The first-order chi connectivity index (χ1) is 18.5. The van der Waals surface area contributed by atoms with Crippen molar-refractivity contribution in [3.05, 3.63) is 89.5 Å². The van der Waals surface area contributed by atoms with Crippen LogP contribution in [0, 0.1) is 11.8 Å². The van der Waals surface area contributed by atoms with Crippen LogP contribution in [0.15, 0.2) is 72.8 Å². The fourth-order valence-electron chi connectivity index (χ4n) is 5.74. The molecule has 0 spiro atoms. The first-order valence-electron chi connectivity index (χ1n) is 12.6. The lowest BCUT2D eigenvalue weighted by Gasteiger charge is -2.31. The van der Waals surface area contributed by atoms with E-state index >= 15 is 0 Å². The molecule has 2 fully saturated rings. The summed E-state index contributed by atoms with van der Waals surface area (Å²) in [6.45, 7) is 1.42. The van der Waals surface area contributed by atoms with Gasteiger partial charge in [0.2, 0.25) is 11.8 Å². The zero-order valence-electron chi connectivity index (χ0n) is 21.8. The van der Waals surface area contributed by atoms with E-state index in [9.17, 15) is 29.4 Å². The molecule has 2 aliphatic rings. The maximum atomic E-state index is 14.0. The molecule has 200 valence electrons. The number of Topliss-reactive ketones (excluding diaryl/α,β-unsaturated/α-hetero) is 1. The number of nitrogens with zero attached hydrogens (tertiary/aromatic N) is 2. The highest BCUT2D eigenvalue weighted by atomic mass is 16.4. The second-order valence-corrected chi connectivity index (χ2v) is 10.3. The number of carbonyl (C=O) groups is 4. The molecule has 2 aliphatic heterocycles. The summed E-state index contributed by atoms with van der Waals surface area (Å²) in [6.07, 6.45) is -0.0772. The average Bonchev–Trinajstić information content (AvgIpc) is 3.39. The number of imide groups is 1.